The van der Waals surface area contributed by atoms with Crippen molar-refractivity contribution in [3.8, 4) is 0 Å². The van der Waals surface area contributed by atoms with Crippen LogP contribution in [0.2, 0.25) is 0 Å². The lowest BCUT2D eigenvalue weighted by Crippen LogP contribution is -2.34. The van der Waals surface area contributed by atoms with Crippen LogP contribution in [0.3, 0.4) is 0 Å². The first-order chi connectivity index (χ1) is 9.85. The number of hydrogen-bond donors (Lipinski definition) is 2. The normalized spacial score (nSPS) is 22.6. The molecule has 1 saturated carbocycles. The van der Waals surface area contributed by atoms with Gasteiger partial charge in [0.25, 0.3) is 0 Å². The molecule has 0 aliphatic heterocycles. The maximum absolute atomic E-state index is 12.6. The quantitative estimate of drug-likeness (QED) is 0.815. The van der Waals surface area contributed by atoms with E-state index in [9.17, 15) is 8.42 Å². The van der Waals surface area contributed by atoms with Gasteiger partial charge in [0.05, 0.1) is 5.69 Å². The van der Waals surface area contributed by atoms with Crippen molar-refractivity contribution in [2.24, 2.45) is 0 Å². The molecule has 2 rings (SSSR count). The minimum atomic E-state index is -3.55. The first-order valence-electron chi connectivity index (χ1n) is 7.34. The molecule has 0 aromatic heterocycles. The van der Waals surface area contributed by atoms with Crippen molar-refractivity contribution in [3.63, 3.8) is 0 Å². The molecule has 1 aliphatic rings. The molecule has 2 unspecified atom stereocenters. The molecular weight excluding hydrogens is 304 g/mol. The molecule has 0 heterocycles. The molecule has 1 fully saturated rings. The minimum Gasteiger partial charge on any atom is -0.397 e. The SMILES string of the molecule is CCSC1CCC(NS(=O)(=O)c2c(C)ccc(C)c2N)C1. The predicted molar refractivity (Wildman–Crippen MR) is 90.2 cm³/mol. The summed E-state index contributed by atoms with van der Waals surface area (Å²) >= 11 is 1.91. The first kappa shape index (κ1) is 16.6. The van der Waals surface area contributed by atoms with Crippen LogP contribution in [0.4, 0.5) is 5.69 Å². The number of nitrogens with one attached hydrogen (secondary N) is 1. The summed E-state index contributed by atoms with van der Waals surface area (Å²) in [4.78, 5) is 0.245. The Morgan fingerprint density at radius 2 is 1.95 bits per heavy atom. The standard InChI is InChI=1S/C15H24N2O2S2/c1-4-20-13-8-7-12(9-13)17-21(18,19)15-11(3)6-5-10(2)14(15)16/h5-6,12-13,17H,4,7-9,16H2,1-3H3. The zero-order valence-electron chi connectivity index (χ0n) is 12.8. The van der Waals surface area contributed by atoms with E-state index in [-0.39, 0.29) is 10.9 Å². The number of anilines is 1. The molecule has 0 saturated heterocycles. The Balaban J connectivity index is 2.19. The van der Waals surface area contributed by atoms with Gasteiger partial charge in [0.1, 0.15) is 4.90 Å². The van der Waals surface area contributed by atoms with Gasteiger partial charge >= 0.3 is 0 Å². The Morgan fingerprint density at radius 3 is 2.62 bits per heavy atom. The fraction of sp³-hybridized carbons (Fsp3) is 0.600. The largest absolute Gasteiger partial charge is 0.397 e. The molecular formula is C15H24N2O2S2. The van der Waals surface area contributed by atoms with Gasteiger partial charge in [-0.25, -0.2) is 13.1 Å². The summed E-state index contributed by atoms with van der Waals surface area (Å²) in [5, 5.41) is 0.568. The van der Waals surface area contributed by atoms with Gasteiger partial charge in [-0.05, 0) is 50.0 Å². The summed E-state index contributed by atoms with van der Waals surface area (Å²) in [5.41, 5.74) is 7.85. The number of aryl methyl sites for hydroxylation is 2. The van der Waals surface area contributed by atoms with Crippen LogP contribution in [-0.2, 0) is 10.0 Å². The molecule has 1 aromatic rings. The molecule has 2 atom stereocenters. The van der Waals surface area contributed by atoms with Crippen molar-refractivity contribution >= 4 is 27.5 Å². The van der Waals surface area contributed by atoms with Crippen LogP contribution < -0.4 is 10.5 Å². The molecule has 0 bridgehead atoms. The van der Waals surface area contributed by atoms with Crippen LogP contribution in [0, 0.1) is 13.8 Å². The maximum atomic E-state index is 12.6. The van der Waals surface area contributed by atoms with Crippen molar-refractivity contribution in [2.75, 3.05) is 11.5 Å². The van der Waals surface area contributed by atoms with Gasteiger partial charge in [-0.15, -0.1) is 0 Å². The highest BCUT2D eigenvalue weighted by molar-refractivity contribution is 7.99. The van der Waals surface area contributed by atoms with Crippen LogP contribution in [-0.4, -0.2) is 25.5 Å². The molecule has 21 heavy (non-hydrogen) atoms. The molecule has 118 valence electrons. The average molecular weight is 329 g/mol. The van der Waals surface area contributed by atoms with Gasteiger partial charge in [0.2, 0.25) is 10.0 Å². The zero-order valence-corrected chi connectivity index (χ0v) is 14.5. The number of nitrogen functional groups attached to an aromatic ring is 1. The summed E-state index contributed by atoms with van der Waals surface area (Å²) in [6.45, 7) is 5.75. The van der Waals surface area contributed by atoms with Gasteiger partial charge in [-0.2, -0.15) is 11.8 Å². The Hall–Kier alpha value is -0.720. The first-order valence-corrected chi connectivity index (χ1v) is 9.88. The van der Waals surface area contributed by atoms with E-state index in [4.69, 9.17) is 5.73 Å². The van der Waals surface area contributed by atoms with Crippen LogP contribution in [0.15, 0.2) is 17.0 Å². The molecule has 3 N–H and O–H groups in total. The zero-order chi connectivity index (χ0) is 15.6. The fourth-order valence-electron chi connectivity index (χ4n) is 2.88. The minimum absolute atomic E-state index is 0.0263. The molecule has 0 amide bonds. The Morgan fingerprint density at radius 1 is 1.29 bits per heavy atom. The molecule has 1 aromatic carbocycles. The lowest BCUT2D eigenvalue weighted by atomic mass is 10.1. The molecule has 4 nitrogen and oxygen atoms in total. The van der Waals surface area contributed by atoms with Gasteiger partial charge in [0, 0.05) is 11.3 Å². The van der Waals surface area contributed by atoms with Crippen LogP contribution in [0.25, 0.3) is 0 Å². The van der Waals surface area contributed by atoms with E-state index in [2.05, 4.69) is 11.6 Å². The number of thioether (sulfide) groups is 1. The van der Waals surface area contributed by atoms with Crippen molar-refractivity contribution in [1.29, 1.82) is 0 Å². The molecule has 0 radical (unpaired) electrons. The topological polar surface area (TPSA) is 72.2 Å². The van der Waals surface area contributed by atoms with Crippen LogP contribution in [0.1, 0.15) is 37.3 Å². The third kappa shape index (κ3) is 3.73. The third-order valence-corrected chi connectivity index (χ3v) is 6.94. The lowest BCUT2D eigenvalue weighted by molar-refractivity contribution is 0.552. The highest BCUT2D eigenvalue weighted by Crippen LogP contribution is 2.32. The third-order valence-electron chi connectivity index (χ3n) is 3.99. The number of rotatable bonds is 5. The Labute approximate surface area is 131 Å². The average Bonchev–Trinajstić information content (AvgIpc) is 2.81. The predicted octanol–water partition coefficient (Wildman–Crippen LogP) is 2.84. The van der Waals surface area contributed by atoms with Gasteiger partial charge in [-0.3, -0.25) is 0 Å². The second-order valence-corrected chi connectivity index (χ2v) is 8.88. The van der Waals surface area contributed by atoms with E-state index in [1.165, 1.54) is 0 Å². The fourth-order valence-corrected chi connectivity index (χ4v) is 5.73. The van der Waals surface area contributed by atoms with Gasteiger partial charge in [-0.1, -0.05) is 19.1 Å². The molecule has 6 heteroatoms. The maximum Gasteiger partial charge on any atom is 0.243 e. The van der Waals surface area contributed by atoms with E-state index >= 15 is 0 Å². The van der Waals surface area contributed by atoms with E-state index in [0.717, 1.165) is 30.6 Å². The molecule has 1 aliphatic carbocycles. The monoisotopic (exact) mass is 328 g/mol. The summed E-state index contributed by atoms with van der Waals surface area (Å²) in [6, 6.07) is 3.69. The van der Waals surface area contributed by atoms with Crippen LogP contribution >= 0.6 is 11.8 Å². The second kappa shape index (κ2) is 6.58. The summed E-state index contributed by atoms with van der Waals surface area (Å²) < 4.78 is 28.1. The van der Waals surface area contributed by atoms with Gasteiger partial charge in [0.15, 0.2) is 0 Å². The van der Waals surface area contributed by atoms with Crippen molar-refractivity contribution in [2.45, 2.75) is 56.2 Å². The van der Waals surface area contributed by atoms with Crippen molar-refractivity contribution < 1.29 is 8.42 Å². The lowest BCUT2D eigenvalue weighted by Gasteiger charge is -2.17. The highest BCUT2D eigenvalue weighted by atomic mass is 32.2. The number of hydrogen-bond acceptors (Lipinski definition) is 4. The Bertz CT molecular complexity index is 614. The van der Waals surface area contributed by atoms with E-state index in [1.54, 1.807) is 6.92 Å². The van der Waals surface area contributed by atoms with Crippen molar-refractivity contribution in [1.82, 2.24) is 4.72 Å². The smallest absolute Gasteiger partial charge is 0.243 e. The number of nitrogens with two attached hydrogens (primary N) is 1. The van der Waals surface area contributed by atoms with Crippen LogP contribution in [0.5, 0.6) is 0 Å². The summed E-state index contributed by atoms with van der Waals surface area (Å²) in [5.74, 6) is 1.08. The highest BCUT2D eigenvalue weighted by Gasteiger charge is 2.30. The second-order valence-electron chi connectivity index (χ2n) is 5.65. The van der Waals surface area contributed by atoms with E-state index in [1.807, 2.05) is 30.8 Å². The summed E-state index contributed by atoms with van der Waals surface area (Å²) in [6.07, 6.45) is 2.89. The molecule has 0 spiro atoms. The number of sulfonamides is 1. The van der Waals surface area contributed by atoms with E-state index < -0.39 is 10.0 Å². The Kier molecular flexibility index (Phi) is 5.22. The van der Waals surface area contributed by atoms with E-state index in [0.29, 0.717) is 16.5 Å². The number of benzene rings is 1. The summed E-state index contributed by atoms with van der Waals surface area (Å²) in [7, 11) is -3.55. The van der Waals surface area contributed by atoms with Gasteiger partial charge < -0.3 is 5.73 Å². The van der Waals surface area contributed by atoms with Crippen molar-refractivity contribution in [3.05, 3.63) is 23.3 Å².